The van der Waals surface area contributed by atoms with Gasteiger partial charge in [-0.15, -0.1) is 0 Å². The molecule has 0 bridgehead atoms. The SMILES string of the molecule is CCNC(CC1CCCCC1)c1cnc(C)n1C. The first-order valence-corrected chi connectivity index (χ1v) is 7.44. The monoisotopic (exact) mass is 249 g/mol. The first-order valence-electron chi connectivity index (χ1n) is 7.44. The summed E-state index contributed by atoms with van der Waals surface area (Å²) in [4.78, 5) is 4.44. The van der Waals surface area contributed by atoms with Gasteiger partial charge in [-0.05, 0) is 25.8 Å². The molecular formula is C15H27N3. The van der Waals surface area contributed by atoms with Gasteiger partial charge in [0.25, 0.3) is 0 Å². The van der Waals surface area contributed by atoms with E-state index in [1.165, 1.54) is 44.2 Å². The Kier molecular flexibility index (Phi) is 4.81. The van der Waals surface area contributed by atoms with Gasteiger partial charge in [-0.3, -0.25) is 0 Å². The molecule has 18 heavy (non-hydrogen) atoms. The first kappa shape index (κ1) is 13.6. The lowest BCUT2D eigenvalue weighted by Crippen LogP contribution is -2.26. The van der Waals surface area contributed by atoms with Crippen LogP contribution in [-0.2, 0) is 7.05 Å². The topological polar surface area (TPSA) is 29.9 Å². The molecule has 2 rings (SSSR count). The Hall–Kier alpha value is -0.830. The Morgan fingerprint density at radius 2 is 2.11 bits per heavy atom. The van der Waals surface area contributed by atoms with Crippen molar-refractivity contribution in [3.05, 3.63) is 17.7 Å². The van der Waals surface area contributed by atoms with E-state index in [1.807, 2.05) is 6.20 Å². The molecule has 0 amide bonds. The van der Waals surface area contributed by atoms with Crippen molar-refractivity contribution in [2.45, 2.75) is 58.4 Å². The number of nitrogens with one attached hydrogen (secondary N) is 1. The van der Waals surface area contributed by atoms with Gasteiger partial charge < -0.3 is 9.88 Å². The predicted molar refractivity (Wildman–Crippen MR) is 75.6 cm³/mol. The van der Waals surface area contributed by atoms with Crippen molar-refractivity contribution in [1.82, 2.24) is 14.9 Å². The van der Waals surface area contributed by atoms with Gasteiger partial charge in [0.2, 0.25) is 0 Å². The maximum Gasteiger partial charge on any atom is 0.105 e. The molecule has 1 saturated carbocycles. The number of aryl methyl sites for hydroxylation is 1. The van der Waals surface area contributed by atoms with E-state index < -0.39 is 0 Å². The van der Waals surface area contributed by atoms with E-state index in [2.05, 4.69) is 35.8 Å². The fourth-order valence-electron chi connectivity index (χ4n) is 3.15. The highest BCUT2D eigenvalue weighted by molar-refractivity contribution is 5.09. The normalized spacial score (nSPS) is 19.1. The Morgan fingerprint density at radius 1 is 1.39 bits per heavy atom. The summed E-state index contributed by atoms with van der Waals surface area (Å²) in [5.41, 5.74) is 1.35. The Morgan fingerprint density at radius 3 is 2.67 bits per heavy atom. The van der Waals surface area contributed by atoms with E-state index >= 15 is 0 Å². The molecule has 3 heteroatoms. The van der Waals surface area contributed by atoms with Crippen molar-refractivity contribution in [2.75, 3.05) is 6.54 Å². The molecule has 1 heterocycles. The minimum atomic E-state index is 0.476. The molecule has 0 saturated heterocycles. The maximum atomic E-state index is 4.44. The maximum absolute atomic E-state index is 4.44. The van der Waals surface area contributed by atoms with Gasteiger partial charge >= 0.3 is 0 Å². The van der Waals surface area contributed by atoms with Crippen LogP contribution in [0.1, 0.15) is 63.0 Å². The zero-order chi connectivity index (χ0) is 13.0. The molecule has 0 radical (unpaired) electrons. The lowest BCUT2D eigenvalue weighted by atomic mass is 9.84. The summed E-state index contributed by atoms with van der Waals surface area (Å²) in [5, 5.41) is 3.64. The van der Waals surface area contributed by atoms with Crippen LogP contribution in [0.5, 0.6) is 0 Å². The number of imidazole rings is 1. The second-order valence-corrected chi connectivity index (χ2v) is 5.64. The van der Waals surface area contributed by atoms with Crippen LogP contribution in [0.25, 0.3) is 0 Å². The molecule has 0 aromatic carbocycles. The molecule has 1 unspecified atom stereocenters. The van der Waals surface area contributed by atoms with Crippen LogP contribution in [-0.4, -0.2) is 16.1 Å². The van der Waals surface area contributed by atoms with E-state index in [-0.39, 0.29) is 0 Å². The van der Waals surface area contributed by atoms with Crippen molar-refractivity contribution in [3.63, 3.8) is 0 Å². The molecule has 1 aliphatic rings. The van der Waals surface area contributed by atoms with Gasteiger partial charge in [-0.1, -0.05) is 39.0 Å². The summed E-state index contributed by atoms with van der Waals surface area (Å²) in [7, 11) is 2.13. The Labute approximate surface area is 111 Å². The number of rotatable bonds is 5. The summed E-state index contributed by atoms with van der Waals surface area (Å²) in [6.07, 6.45) is 10.4. The van der Waals surface area contributed by atoms with E-state index in [0.29, 0.717) is 6.04 Å². The average Bonchev–Trinajstić information content (AvgIpc) is 2.71. The second kappa shape index (κ2) is 6.37. The van der Waals surface area contributed by atoms with Gasteiger partial charge in [0.05, 0.1) is 11.9 Å². The molecule has 1 aromatic heterocycles. The summed E-state index contributed by atoms with van der Waals surface area (Å²) >= 11 is 0. The van der Waals surface area contributed by atoms with Crippen LogP contribution in [0.3, 0.4) is 0 Å². The summed E-state index contributed by atoms with van der Waals surface area (Å²) in [6, 6.07) is 0.476. The van der Waals surface area contributed by atoms with Crippen LogP contribution in [0, 0.1) is 12.8 Å². The number of hydrogen-bond donors (Lipinski definition) is 1. The highest BCUT2D eigenvalue weighted by Gasteiger charge is 2.21. The Bertz CT molecular complexity index is 364. The van der Waals surface area contributed by atoms with Crippen LogP contribution in [0.15, 0.2) is 6.20 Å². The molecule has 3 nitrogen and oxygen atoms in total. The standard InChI is InChI=1S/C15H27N3/c1-4-16-14(10-13-8-6-5-7-9-13)15-11-17-12(2)18(15)3/h11,13-14,16H,4-10H2,1-3H3. The van der Waals surface area contributed by atoms with Crippen molar-refractivity contribution in [2.24, 2.45) is 13.0 Å². The third kappa shape index (κ3) is 3.14. The largest absolute Gasteiger partial charge is 0.334 e. The third-order valence-electron chi connectivity index (χ3n) is 4.36. The van der Waals surface area contributed by atoms with Crippen molar-refractivity contribution < 1.29 is 0 Å². The molecule has 0 spiro atoms. The zero-order valence-electron chi connectivity index (χ0n) is 12.1. The van der Waals surface area contributed by atoms with Crippen LogP contribution in [0.2, 0.25) is 0 Å². The zero-order valence-corrected chi connectivity index (χ0v) is 12.1. The van der Waals surface area contributed by atoms with Gasteiger partial charge in [-0.25, -0.2) is 4.98 Å². The summed E-state index contributed by atoms with van der Waals surface area (Å²) in [6.45, 7) is 5.30. The second-order valence-electron chi connectivity index (χ2n) is 5.64. The van der Waals surface area contributed by atoms with Crippen LogP contribution >= 0.6 is 0 Å². The van der Waals surface area contributed by atoms with E-state index in [4.69, 9.17) is 0 Å². The molecule has 1 fully saturated rings. The average molecular weight is 249 g/mol. The summed E-state index contributed by atoms with van der Waals surface area (Å²) < 4.78 is 2.23. The van der Waals surface area contributed by atoms with Crippen LogP contribution < -0.4 is 5.32 Å². The van der Waals surface area contributed by atoms with Gasteiger partial charge in [0.15, 0.2) is 0 Å². The number of aromatic nitrogens is 2. The van der Waals surface area contributed by atoms with Crippen molar-refractivity contribution in [1.29, 1.82) is 0 Å². The summed E-state index contributed by atoms with van der Waals surface area (Å²) in [5.74, 6) is 2.01. The number of nitrogens with zero attached hydrogens (tertiary/aromatic N) is 2. The van der Waals surface area contributed by atoms with E-state index in [0.717, 1.165) is 18.3 Å². The van der Waals surface area contributed by atoms with Crippen molar-refractivity contribution >= 4 is 0 Å². The fraction of sp³-hybridized carbons (Fsp3) is 0.800. The van der Waals surface area contributed by atoms with Crippen LogP contribution in [0.4, 0.5) is 0 Å². The smallest absolute Gasteiger partial charge is 0.105 e. The molecule has 1 aliphatic carbocycles. The van der Waals surface area contributed by atoms with E-state index in [9.17, 15) is 0 Å². The highest BCUT2D eigenvalue weighted by Crippen LogP contribution is 2.31. The molecule has 0 aliphatic heterocycles. The highest BCUT2D eigenvalue weighted by atomic mass is 15.1. The lowest BCUT2D eigenvalue weighted by Gasteiger charge is -2.27. The van der Waals surface area contributed by atoms with Gasteiger partial charge in [-0.2, -0.15) is 0 Å². The molecule has 1 aromatic rings. The molecular weight excluding hydrogens is 222 g/mol. The van der Waals surface area contributed by atoms with Gasteiger partial charge in [0, 0.05) is 13.1 Å². The minimum Gasteiger partial charge on any atom is -0.334 e. The van der Waals surface area contributed by atoms with E-state index in [1.54, 1.807) is 0 Å². The third-order valence-corrected chi connectivity index (χ3v) is 4.36. The predicted octanol–water partition coefficient (Wildman–Crippen LogP) is 3.35. The van der Waals surface area contributed by atoms with Crippen molar-refractivity contribution in [3.8, 4) is 0 Å². The molecule has 1 N–H and O–H groups in total. The quantitative estimate of drug-likeness (QED) is 0.867. The van der Waals surface area contributed by atoms with Gasteiger partial charge in [0.1, 0.15) is 5.82 Å². The first-order chi connectivity index (χ1) is 8.72. The minimum absolute atomic E-state index is 0.476. The number of hydrogen-bond acceptors (Lipinski definition) is 2. The fourth-order valence-corrected chi connectivity index (χ4v) is 3.15. The lowest BCUT2D eigenvalue weighted by molar-refractivity contribution is 0.297. The molecule has 1 atom stereocenters. The Balaban J connectivity index is 2.05. The molecule has 102 valence electrons.